The largest absolute Gasteiger partial charge is 0.355 e. The van der Waals surface area contributed by atoms with Crippen LogP contribution in [-0.4, -0.2) is 23.8 Å². The Bertz CT molecular complexity index is 835. The van der Waals surface area contributed by atoms with Crippen LogP contribution in [0.1, 0.15) is 45.8 Å². The predicted molar refractivity (Wildman–Crippen MR) is 91.4 cm³/mol. The van der Waals surface area contributed by atoms with E-state index < -0.39 is 0 Å². The molecule has 0 unspecified atom stereocenters. The number of rotatable bonds is 6. The molecule has 1 N–H and O–H groups in total. The number of hydrogen-bond acceptors (Lipinski definition) is 3. The van der Waals surface area contributed by atoms with E-state index in [1.54, 1.807) is 10.6 Å². The number of amides is 1. The Morgan fingerprint density at radius 1 is 1.29 bits per heavy atom. The summed E-state index contributed by atoms with van der Waals surface area (Å²) in [7, 11) is 1.53. The summed E-state index contributed by atoms with van der Waals surface area (Å²) in [6.45, 7) is 0.385. The van der Waals surface area contributed by atoms with E-state index in [4.69, 9.17) is 0 Å². The lowest BCUT2D eigenvalue weighted by Crippen LogP contribution is -2.31. The predicted octanol–water partition coefficient (Wildman–Crippen LogP) is 1.87. The molecule has 1 amide bonds. The Morgan fingerprint density at radius 3 is 2.71 bits per heavy atom. The van der Waals surface area contributed by atoms with Crippen molar-refractivity contribution in [2.24, 2.45) is 0 Å². The quantitative estimate of drug-likeness (QED) is 0.825. The summed E-state index contributed by atoms with van der Waals surface area (Å²) >= 11 is 0. The number of carbonyl (C=O) groups excluding carboxylic acids is 2. The van der Waals surface area contributed by atoms with Gasteiger partial charge in [0.2, 0.25) is 0 Å². The van der Waals surface area contributed by atoms with E-state index in [1.165, 1.54) is 7.05 Å². The van der Waals surface area contributed by atoms with Gasteiger partial charge in [-0.3, -0.25) is 9.59 Å². The lowest BCUT2D eigenvalue weighted by atomic mass is 10.1. The van der Waals surface area contributed by atoms with Crippen molar-refractivity contribution in [2.75, 3.05) is 7.05 Å². The molecule has 5 nitrogen and oxygen atoms in total. The molecule has 0 atom stereocenters. The van der Waals surface area contributed by atoms with Gasteiger partial charge in [0, 0.05) is 19.7 Å². The number of nitrogens with zero attached hydrogens (tertiary/aromatic N) is 1. The summed E-state index contributed by atoms with van der Waals surface area (Å²) in [4.78, 5) is 35.3. The fourth-order valence-electron chi connectivity index (χ4n) is 2.86. The second-order valence-electron chi connectivity index (χ2n) is 6.16. The summed E-state index contributed by atoms with van der Waals surface area (Å²) < 4.78 is 1.60. The highest BCUT2D eigenvalue weighted by atomic mass is 16.2. The normalized spacial score (nSPS) is 13.5. The number of pyridine rings is 1. The molecule has 124 valence electrons. The molecule has 0 saturated heterocycles. The Morgan fingerprint density at radius 2 is 2.04 bits per heavy atom. The molecule has 5 heteroatoms. The minimum absolute atomic E-state index is 0.186. The molecule has 0 aliphatic heterocycles. The topological polar surface area (TPSA) is 68.2 Å². The second kappa shape index (κ2) is 6.83. The molecule has 1 heterocycles. The SMILES string of the molecule is CNC(=O)c1cc(C2CC2)cn(Cc2cccc(CC=O)c2)c1=O. The van der Waals surface area contributed by atoms with Crippen molar-refractivity contribution in [1.29, 1.82) is 0 Å². The molecule has 1 saturated carbocycles. The maximum absolute atomic E-state index is 12.6. The van der Waals surface area contributed by atoms with Crippen molar-refractivity contribution in [3.05, 3.63) is 69.1 Å². The van der Waals surface area contributed by atoms with E-state index >= 15 is 0 Å². The highest BCUT2D eigenvalue weighted by Crippen LogP contribution is 2.39. The molecule has 1 aromatic carbocycles. The first-order valence-electron chi connectivity index (χ1n) is 8.10. The summed E-state index contributed by atoms with van der Waals surface area (Å²) in [5.41, 5.74) is 2.79. The van der Waals surface area contributed by atoms with Gasteiger partial charge in [0.15, 0.2) is 0 Å². The van der Waals surface area contributed by atoms with Crippen molar-refractivity contribution in [1.82, 2.24) is 9.88 Å². The average molecular weight is 324 g/mol. The Hall–Kier alpha value is -2.69. The summed E-state index contributed by atoms with van der Waals surface area (Å²) in [6, 6.07) is 9.33. The van der Waals surface area contributed by atoms with Gasteiger partial charge in [-0.05, 0) is 41.5 Å². The van der Waals surface area contributed by atoms with Gasteiger partial charge in [0.05, 0.1) is 6.54 Å². The van der Waals surface area contributed by atoms with Gasteiger partial charge in [0.25, 0.3) is 11.5 Å². The van der Waals surface area contributed by atoms with Crippen LogP contribution in [0.3, 0.4) is 0 Å². The molecule has 1 fully saturated rings. The van der Waals surface area contributed by atoms with Crippen LogP contribution in [0.25, 0.3) is 0 Å². The number of hydrogen-bond donors (Lipinski definition) is 1. The minimum atomic E-state index is -0.356. The van der Waals surface area contributed by atoms with Gasteiger partial charge >= 0.3 is 0 Å². The van der Waals surface area contributed by atoms with Crippen LogP contribution < -0.4 is 10.9 Å². The molecule has 1 aliphatic rings. The van der Waals surface area contributed by atoms with Crippen molar-refractivity contribution in [3.63, 3.8) is 0 Å². The molecule has 0 radical (unpaired) electrons. The van der Waals surface area contributed by atoms with Crippen LogP contribution in [0.4, 0.5) is 0 Å². The Labute approximate surface area is 140 Å². The zero-order valence-corrected chi connectivity index (χ0v) is 13.6. The lowest BCUT2D eigenvalue weighted by molar-refractivity contribution is -0.107. The number of carbonyl (C=O) groups is 2. The molecule has 0 spiro atoms. The van der Waals surface area contributed by atoms with E-state index in [0.717, 1.165) is 35.8 Å². The number of nitrogens with one attached hydrogen (secondary N) is 1. The van der Waals surface area contributed by atoms with E-state index in [2.05, 4.69) is 5.32 Å². The van der Waals surface area contributed by atoms with E-state index in [9.17, 15) is 14.4 Å². The van der Waals surface area contributed by atoms with Gasteiger partial charge < -0.3 is 14.7 Å². The van der Waals surface area contributed by atoms with Crippen LogP contribution in [0.15, 0.2) is 41.3 Å². The molecule has 2 aromatic rings. The van der Waals surface area contributed by atoms with Crippen LogP contribution in [0.2, 0.25) is 0 Å². The van der Waals surface area contributed by atoms with Crippen molar-refractivity contribution in [2.45, 2.75) is 31.7 Å². The van der Waals surface area contributed by atoms with Crippen molar-refractivity contribution in [3.8, 4) is 0 Å². The van der Waals surface area contributed by atoms with Gasteiger partial charge in [-0.15, -0.1) is 0 Å². The van der Waals surface area contributed by atoms with Gasteiger partial charge in [-0.1, -0.05) is 24.3 Å². The molecular weight excluding hydrogens is 304 g/mol. The van der Waals surface area contributed by atoms with Crippen molar-refractivity contribution < 1.29 is 9.59 Å². The van der Waals surface area contributed by atoms with Crippen molar-refractivity contribution >= 4 is 12.2 Å². The minimum Gasteiger partial charge on any atom is -0.355 e. The van der Waals surface area contributed by atoms with Gasteiger partial charge in [-0.2, -0.15) is 0 Å². The summed E-state index contributed by atoms with van der Waals surface area (Å²) in [5.74, 6) is 0.0904. The summed E-state index contributed by atoms with van der Waals surface area (Å²) in [6.07, 6.45) is 5.27. The fourth-order valence-corrected chi connectivity index (χ4v) is 2.86. The standard InChI is InChI=1S/C19H20N2O3/c1-20-18(23)17-10-16(15-5-6-15)12-21(19(17)24)11-14-4-2-3-13(9-14)7-8-22/h2-4,8-10,12,15H,5-7,11H2,1H3,(H,20,23). The van der Waals surface area contributed by atoms with E-state index in [-0.39, 0.29) is 17.0 Å². The zero-order chi connectivity index (χ0) is 17.1. The van der Waals surface area contributed by atoms with Crippen LogP contribution >= 0.6 is 0 Å². The first-order chi connectivity index (χ1) is 11.6. The fraction of sp³-hybridized carbons (Fsp3) is 0.316. The van der Waals surface area contributed by atoms with Gasteiger partial charge in [-0.25, -0.2) is 0 Å². The Kier molecular flexibility index (Phi) is 4.60. The first kappa shape index (κ1) is 16.2. The average Bonchev–Trinajstić information content (AvgIpc) is 3.42. The third-order valence-corrected chi connectivity index (χ3v) is 4.29. The molecule has 1 aromatic heterocycles. The third-order valence-electron chi connectivity index (χ3n) is 4.29. The van der Waals surface area contributed by atoms with E-state index in [0.29, 0.717) is 18.9 Å². The number of aldehydes is 1. The molecule has 24 heavy (non-hydrogen) atoms. The molecule has 3 rings (SSSR count). The van der Waals surface area contributed by atoms with Gasteiger partial charge in [0.1, 0.15) is 11.8 Å². The van der Waals surface area contributed by atoms with Crippen LogP contribution in [0, 0.1) is 0 Å². The number of aromatic nitrogens is 1. The maximum atomic E-state index is 12.6. The Balaban J connectivity index is 1.98. The molecule has 1 aliphatic carbocycles. The highest BCUT2D eigenvalue weighted by molar-refractivity contribution is 5.93. The highest BCUT2D eigenvalue weighted by Gasteiger charge is 2.26. The van der Waals surface area contributed by atoms with E-state index in [1.807, 2.05) is 30.5 Å². The molecule has 0 bridgehead atoms. The zero-order valence-electron chi connectivity index (χ0n) is 13.6. The number of benzene rings is 1. The smallest absolute Gasteiger partial charge is 0.263 e. The first-order valence-corrected chi connectivity index (χ1v) is 8.10. The maximum Gasteiger partial charge on any atom is 0.263 e. The third kappa shape index (κ3) is 3.45. The monoisotopic (exact) mass is 324 g/mol. The summed E-state index contributed by atoms with van der Waals surface area (Å²) in [5, 5.41) is 2.53. The van der Waals surface area contributed by atoms with Crippen LogP contribution in [-0.2, 0) is 17.8 Å². The second-order valence-corrected chi connectivity index (χ2v) is 6.16. The molecular formula is C19H20N2O3. The van der Waals surface area contributed by atoms with Crippen LogP contribution in [0.5, 0.6) is 0 Å². The lowest BCUT2D eigenvalue weighted by Gasteiger charge is -2.12.